The van der Waals surface area contributed by atoms with Crippen LogP contribution in [-0.2, 0) is 110 Å². The van der Waals surface area contributed by atoms with Crippen molar-refractivity contribution in [3.63, 3.8) is 0 Å². The first-order valence-electron chi connectivity index (χ1n) is 26.2. The standard InChI is InChI=1S/4C13H20O2.4C3H7O.2Ti/c4*1-9-6-10(8-15-5)12(14)11(7-9)13(2,3)4;4*1-3(2)4;;/h4*6-7,14H,8H2,1-5H3;4*3H,1-2H3;;/q;;;;4*-1;2*+4/p-4. The van der Waals surface area contributed by atoms with Gasteiger partial charge in [0.1, 0.15) is 0 Å². The summed E-state index contributed by atoms with van der Waals surface area (Å²) in [5.74, 6) is 0.481. The fourth-order valence-corrected chi connectivity index (χ4v) is 6.67. The summed E-state index contributed by atoms with van der Waals surface area (Å²) in [6, 6.07) is 15.5. The molecule has 0 bridgehead atoms. The number of methoxy groups -OCH3 is 4. The van der Waals surface area contributed by atoms with Gasteiger partial charge in [0.25, 0.3) is 0 Å². The van der Waals surface area contributed by atoms with Gasteiger partial charge in [0.15, 0.2) is 0 Å². The fraction of sp³-hybridized carbons (Fsp3) is 0.625. The van der Waals surface area contributed by atoms with Crippen LogP contribution in [0.3, 0.4) is 0 Å². The average Bonchev–Trinajstić information content (AvgIpc) is 3.21. The van der Waals surface area contributed by atoms with Gasteiger partial charge in [-0.1, -0.05) is 232 Å². The van der Waals surface area contributed by atoms with E-state index in [-0.39, 0.29) is 88.1 Å². The summed E-state index contributed by atoms with van der Waals surface area (Å²) in [5.41, 5.74) is 10.5. The van der Waals surface area contributed by atoms with Gasteiger partial charge in [0, 0.05) is 28.4 Å². The molecular weight excluding hydrogens is 1060 g/mol. The van der Waals surface area contributed by atoms with E-state index in [1.54, 1.807) is 83.8 Å². The third kappa shape index (κ3) is 40.4. The minimum Gasteiger partial charge on any atom is -0.872 e. The molecule has 0 heterocycles. The number of hydrogen-bond donors (Lipinski definition) is 0. The molecular formula is C64H104O12Ti2. The molecule has 0 aliphatic rings. The second-order valence-electron chi connectivity index (χ2n) is 24.1. The van der Waals surface area contributed by atoms with Gasteiger partial charge in [-0.05, 0) is 93.9 Å². The summed E-state index contributed by atoms with van der Waals surface area (Å²) in [7, 11) is 6.44. The van der Waals surface area contributed by atoms with Crippen molar-refractivity contribution in [2.45, 2.75) is 239 Å². The Bertz CT molecular complexity index is 1870. The number of rotatable bonds is 8. The Labute approximate surface area is 505 Å². The minimum absolute atomic E-state index is 0. The molecule has 14 heteroatoms. The van der Waals surface area contributed by atoms with Gasteiger partial charge in [-0.15, -0.1) is 24.4 Å². The summed E-state index contributed by atoms with van der Waals surface area (Å²) >= 11 is 0. The Hall–Kier alpha value is -2.81. The summed E-state index contributed by atoms with van der Waals surface area (Å²) in [6.07, 6.45) is -1.67. The molecule has 0 fully saturated rings. The first kappa shape index (κ1) is 86.4. The average molecular weight is 1160 g/mol. The van der Waals surface area contributed by atoms with Gasteiger partial charge in [-0.2, -0.15) is 0 Å². The van der Waals surface area contributed by atoms with Crippen LogP contribution in [0, 0.1) is 27.7 Å². The maximum Gasteiger partial charge on any atom is 4.00 e. The van der Waals surface area contributed by atoms with Gasteiger partial charge in [0.2, 0.25) is 0 Å². The van der Waals surface area contributed by atoms with Crippen LogP contribution >= 0.6 is 0 Å². The summed E-state index contributed by atoms with van der Waals surface area (Å²) in [6.45, 7) is 47.2. The fourth-order valence-electron chi connectivity index (χ4n) is 6.67. The zero-order valence-corrected chi connectivity index (χ0v) is 56.8. The molecule has 0 unspecified atom stereocenters. The molecule has 0 aromatic heterocycles. The number of hydrogen-bond acceptors (Lipinski definition) is 12. The molecule has 4 aromatic carbocycles. The topological polar surface area (TPSA) is 221 Å². The molecule has 0 amide bonds. The summed E-state index contributed by atoms with van der Waals surface area (Å²) in [4.78, 5) is 0. The molecule has 4 aromatic rings. The Kier molecular flexibility index (Phi) is 46.6. The summed E-state index contributed by atoms with van der Waals surface area (Å²) in [5, 5.41) is 86.4. The Morgan fingerprint density at radius 2 is 0.423 bits per heavy atom. The van der Waals surface area contributed by atoms with Crippen LogP contribution in [0.2, 0.25) is 0 Å². The zero-order valence-electron chi connectivity index (χ0n) is 53.7. The van der Waals surface area contributed by atoms with Gasteiger partial charge < -0.3 is 59.8 Å². The molecule has 0 saturated carbocycles. The Balaban J connectivity index is -0.000000201. The largest absolute Gasteiger partial charge is 4.00 e. The van der Waals surface area contributed by atoms with Crippen LogP contribution < -0.4 is 40.9 Å². The molecule has 0 spiro atoms. The normalized spacial score (nSPS) is 10.9. The molecule has 0 aliphatic carbocycles. The quantitative estimate of drug-likeness (QED) is 0.151. The predicted octanol–water partition coefficient (Wildman–Crippen LogP) is 9.07. The van der Waals surface area contributed by atoms with E-state index in [0.29, 0.717) is 26.4 Å². The van der Waals surface area contributed by atoms with Crippen molar-refractivity contribution in [1.29, 1.82) is 0 Å². The minimum atomic E-state index is -0.417. The molecule has 12 nitrogen and oxygen atoms in total. The molecule has 78 heavy (non-hydrogen) atoms. The Morgan fingerprint density at radius 3 is 0.513 bits per heavy atom. The second-order valence-corrected chi connectivity index (χ2v) is 24.1. The van der Waals surface area contributed by atoms with Crippen molar-refractivity contribution < 1.29 is 103 Å². The van der Waals surface area contributed by atoms with Crippen molar-refractivity contribution in [3.8, 4) is 23.0 Å². The van der Waals surface area contributed by atoms with Gasteiger partial charge in [0.05, 0.1) is 26.4 Å². The molecule has 0 atom stereocenters. The van der Waals surface area contributed by atoms with Gasteiger partial charge >= 0.3 is 43.4 Å². The van der Waals surface area contributed by atoms with E-state index in [9.17, 15) is 40.9 Å². The molecule has 0 aliphatic heterocycles. The van der Waals surface area contributed by atoms with Crippen molar-refractivity contribution in [2.24, 2.45) is 0 Å². The molecule has 0 N–H and O–H groups in total. The van der Waals surface area contributed by atoms with E-state index < -0.39 is 24.4 Å². The monoisotopic (exact) mass is 1160 g/mol. The number of ether oxygens (including phenoxy) is 4. The van der Waals surface area contributed by atoms with Crippen LogP contribution in [-0.4, -0.2) is 52.9 Å². The zero-order chi connectivity index (χ0) is 60.9. The first-order valence-corrected chi connectivity index (χ1v) is 26.2. The molecule has 440 valence electrons. The number of benzene rings is 4. The molecule has 0 radical (unpaired) electrons. The maximum absolute atomic E-state index is 12.1. The van der Waals surface area contributed by atoms with Crippen molar-refractivity contribution >= 4 is 0 Å². The molecule has 0 saturated heterocycles. The second kappa shape index (κ2) is 42.1. The first-order chi connectivity index (χ1) is 34.4. The van der Waals surface area contributed by atoms with Crippen LogP contribution in [0.15, 0.2) is 48.5 Å². The maximum atomic E-state index is 12.1. The predicted molar refractivity (Wildman–Crippen MR) is 301 cm³/mol. The van der Waals surface area contributed by atoms with E-state index in [1.807, 2.05) is 76.2 Å². The molecule has 4 rings (SSSR count). The smallest absolute Gasteiger partial charge is 0.872 e. The van der Waals surface area contributed by atoms with Crippen LogP contribution in [0.1, 0.15) is 205 Å². The SMILES string of the molecule is CC(C)[O-].CC(C)[O-].CC(C)[O-].CC(C)[O-].COCc1cc(C)cc(C(C)(C)C)c1[O-].COCc1cc(C)cc(C(C)(C)C)c1[O-].COCc1cc(C)cc(C(C)(C)C)c1[O-].COCc1cc(C)cc(C(C)(C)C)c1[O-].[Ti+4].[Ti+4]. The van der Waals surface area contributed by atoms with Crippen LogP contribution in [0.5, 0.6) is 23.0 Å². The van der Waals surface area contributed by atoms with Crippen molar-refractivity contribution in [1.82, 2.24) is 0 Å². The third-order valence-corrected chi connectivity index (χ3v) is 9.67. The van der Waals surface area contributed by atoms with Crippen LogP contribution in [0.4, 0.5) is 0 Å². The van der Waals surface area contributed by atoms with E-state index in [0.717, 1.165) is 66.8 Å². The Morgan fingerprint density at radius 1 is 0.308 bits per heavy atom. The van der Waals surface area contributed by atoms with Crippen molar-refractivity contribution in [3.05, 3.63) is 115 Å². The van der Waals surface area contributed by atoms with E-state index in [4.69, 9.17) is 18.9 Å². The third-order valence-electron chi connectivity index (χ3n) is 9.67. The van der Waals surface area contributed by atoms with Gasteiger partial charge in [-0.25, -0.2) is 0 Å². The van der Waals surface area contributed by atoms with E-state index in [2.05, 4.69) is 83.1 Å². The van der Waals surface area contributed by atoms with E-state index >= 15 is 0 Å². The summed E-state index contributed by atoms with van der Waals surface area (Å²) < 4.78 is 20.1. The number of aryl methyl sites for hydroxylation is 4. The van der Waals surface area contributed by atoms with E-state index in [1.165, 1.54) is 0 Å². The van der Waals surface area contributed by atoms with Gasteiger partial charge in [-0.3, -0.25) is 0 Å². The van der Waals surface area contributed by atoms with Crippen LogP contribution in [0.25, 0.3) is 0 Å². The van der Waals surface area contributed by atoms with Crippen molar-refractivity contribution in [2.75, 3.05) is 28.4 Å².